The lowest BCUT2D eigenvalue weighted by atomic mass is 10.0. The van der Waals surface area contributed by atoms with Crippen LogP contribution in [0.4, 0.5) is 10.2 Å². The van der Waals surface area contributed by atoms with Crippen molar-refractivity contribution in [2.45, 2.75) is 57.1 Å². The fourth-order valence-corrected chi connectivity index (χ4v) is 5.11. The molecule has 1 aromatic carbocycles. The van der Waals surface area contributed by atoms with Crippen molar-refractivity contribution in [1.29, 1.82) is 0 Å². The molecule has 0 aliphatic heterocycles. The number of aromatic nitrogens is 4. The van der Waals surface area contributed by atoms with Gasteiger partial charge in [0.25, 0.3) is 0 Å². The highest BCUT2D eigenvalue weighted by Crippen LogP contribution is 2.39. The zero-order valence-corrected chi connectivity index (χ0v) is 22.7. The van der Waals surface area contributed by atoms with Crippen LogP contribution >= 0.6 is 0 Å². The molecule has 3 aromatic heterocycles. The Kier molecular flexibility index (Phi) is 6.92. The Morgan fingerprint density at radius 1 is 1.11 bits per heavy atom. The molecule has 0 unspecified atom stereocenters. The highest BCUT2D eigenvalue weighted by molar-refractivity contribution is 7.90. The Bertz CT molecular complexity index is 1620. The molecule has 198 valence electrons. The van der Waals surface area contributed by atoms with Crippen LogP contribution in [-0.4, -0.2) is 40.5 Å². The smallest absolute Gasteiger partial charge is 0.192 e. The van der Waals surface area contributed by atoms with Crippen molar-refractivity contribution in [1.82, 2.24) is 25.1 Å². The van der Waals surface area contributed by atoms with Crippen LogP contribution in [0, 0.1) is 5.82 Å². The summed E-state index contributed by atoms with van der Waals surface area (Å²) in [6.45, 7) is 6.03. The minimum Gasteiger partial charge on any atom is -0.378 e. The SMILES string of the molecule is CC[C@H](NC(=C1CC1)c1cncc2c1cnn2-c1ccc(F)cc1)c1cc(NC(C)C)nc(S(C)(=O)=O)c1. The van der Waals surface area contributed by atoms with Crippen molar-refractivity contribution in [3.63, 3.8) is 0 Å². The van der Waals surface area contributed by atoms with E-state index in [0.717, 1.165) is 52.7 Å². The van der Waals surface area contributed by atoms with Gasteiger partial charge < -0.3 is 10.6 Å². The molecule has 0 saturated heterocycles. The van der Waals surface area contributed by atoms with Crippen molar-refractivity contribution in [3.8, 4) is 5.69 Å². The summed E-state index contributed by atoms with van der Waals surface area (Å²) < 4.78 is 40.1. The van der Waals surface area contributed by atoms with Gasteiger partial charge in [-0.25, -0.2) is 22.5 Å². The number of anilines is 1. The van der Waals surface area contributed by atoms with E-state index in [0.29, 0.717) is 5.82 Å². The molecule has 1 atom stereocenters. The molecule has 38 heavy (non-hydrogen) atoms. The molecule has 0 bridgehead atoms. The largest absolute Gasteiger partial charge is 0.378 e. The van der Waals surface area contributed by atoms with Crippen LogP contribution in [-0.2, 0) is 9.84 Å². The fraction of sp³-hybridized carbons (Fsp3) is 0.321. The van der Waals surface area contributed by atoms with Crippen LogP contribution in [0.5, 0.6) is 0 Å². The number of benzene rings is 1. The van der Waals surface area contributed by atoms with Gasteiger partial charge in [0.05, 0.1) is 29.6 Å². The molecule has 1 aliphatic rings. The Morgan fingerprint density at radius 2 is 1.84 bits per heavy atom. The van der Waals surface area contributed by atoms with Gasteiger partial charge >= 0.3 is 0 Å². The summed E-state index contributed by atoms with van der Waals surface area (Å²) in [5.41, 5.74) is 5.60. The average molecular weight is 535 g/mol. The second-order valence-corrected chi connectivity index (χ2v) is 11.9. The third-order valence-corrected chi connectivity index (χ3v) is 7.43. The fourth-order valence-electron chi connectivity index (χ4n) is 4.49. The van der Waals surface area contributed by atoms with Gasteiger partial charge in [0, 0.05) is 35.1 Å². The predicted octanol–water partition coefficient (Wildman–Crippen LogP) is 5.42. The highest BCUT2D eigenvalue weighted by atomic mass is 32.2. The quantitative estimate of drug-likeness (QED) is 0.295. The third-order valence-electron chi connectivity index (χ3n) is 6.46. The number of halogens is 1. The minimum absolute atomic E-state index is 0.0448. The number of fused-ring (bicyclic) bond motifs is 1. The molecule has 0 amide bonds. The Hall–Kier alpha value is -3.79. The van der Waals surface area contributed by atoms with Gasteiger partial charge in [-0.05, 0) is 80.6 Å². The number of rotatable bonds is 9. The third kappa shape index (κ3) is 5.40. The van der Waals surface area contributed by atoms with Gasteiger partial charge in [-0.2, -0.15) is 5.10 Å². The molecule has 1 saturated carbocycles. The summed E-state index contributed by atoms with van der Waals surface area (Å²) in [6.07, 6.45) is 9.25. The molecule has 10 heteroatoms. The average Bonchev–Trinajstić information content (AvgIpc) is 3.62. The first-order valence-corrected chi connectivity index (χ1v) is 14.6. The molecule has 8 nitrogen and oxygen atoms in total. The van der Waals surface area contributed by atoms with E-state index in [9.17, 15) is 12.8 Å². The Labute approximate surface area is 221 Å². The van der Waals surface area contributed by atoms with Crippen LogP contribution in [0.3, 0.4) is 0 Å². The van der Waals surface area contributed by atoms with E-state index in [-0.39, 0.29) is 22.9 Å². The lowest BCUT2D eigenvalue weighted by molar-refractivity contribution is 0.593. The number of hydrogen-bond donors (Lipinski definition) is 2. The number of allylic oxidation sites excluding steroid dienone is 1. The first kappa shape index (κ1) is 25.8. The van der Waals surface area contributed by atoms with Crippen molar-refractivity contribution >= 4 is 32.3 Å². The van der Waals surface area contributed by atoms with E-state index in [1.807, 2.05) is 26.1 Å². The Balaban J connectivity index is 1.55. The van der Waals surface area contributed by atoms with Crippen molar-refractivity contribution in [3.05, 3.63) is 77.5 Å². The van der Waals surface area contributed by atoms with E-state index < -0.39 is 9.84 Å². The normalized spacial score (nSPS) is 14.1. The van der Waals surface area contributed by atoms with Crippen LogP contribution in [0.1, 0.15) is 57.2 Å². The first-order valence-electron chi connectivity index (χ1n) is 12.7. The molecule has 4 aromatic rings. The van der Waals surface area contributed by atoms with Crippen molar-refractivity contribution in [2.24, 2.45) is 0 Å². The van der Waals surface area contributed by atoms with Crippen molar-refractivity contribution < 1.29 is 12.8 Å². The second kappa shape index (κ2) is 10.2. The van der Waals surface area contributed by atoms with Gasteiger partial charge in [-0.1, -0.05) is 6.92 Å². The van der Waals surface area contributed by atoms with Gasteiger partial charge in [0.2, 0.25) is 0 Å². The maximum absolute atomic E-state index is 13.5. The number of nitrogens with one attached hydrogen (secondary N) is 2. The van der Waals surface area contributed by atoms with Crippen LogP contribution in [0.15, 0.2) is 65.6 Å². The Morgan fingerprint density at radius 3 is 2.47 bits per heavy atom. The number of nitrogens with zero attached hydrogens (tertiary/aromatic N) is 4. The summed E-state index contributed by atoms with van der Waals surface area (Å²) in [6, 6.07) is 9.71. The van der Waals surface area contributed by atoms with Crippen LogP contribution in [0.2, 0.25) is 0 Å². The lowest BCUT2D eigenvalue weighted by Crippen LogP contribution is -2.21. The summed E-state index contributed by atoms with van der Waals surface area (Å²) in [5.74, 6) is 0.227. The molecule has 0 radical (unpaired) electrons. The molecule has 2 N–H and O–H groups in total. The number of hydrogen-bond acceptors (Lipinski definition) is 7. The second-order valence-electron chi connectivity index (χ2n) is 9.93. The maximum Gasteiger partial charge on any atom is 0.192 e. The van der Waals surface area contributed by atoms with E-state index in [1.165, 1.54) is 24.0 Å². The van der Waals surface area contributed by atoms with Gasteiger partial charge in [0.15, 0.2) is 14.9 Å². The molecule has 5 rings (SSSR count). The molecule has 3 heterocycles. The summed E-state index contributed by atoms with van der Waals surface area (Å²) in [5, 5.41) is 12.5. The molecule has 0 spiro atoms. The molecule has 1 aliphatic carbocycles. The predicted molar refractivity (Wildman–Crippen MR) is 147 cm³/mol. The van der Waals surface area contributed by atoms with Crippen LogP contribution < -0.4 is 10.6 Å². The van der Waals surface area contributed by atoms with E-state index in [2.05, 4.69) is 32.6 Å². The topological polar surface area (TPSA) is 102 Å². The van der Waals surface area contributed by atoms with Gasteiger partial charge in [-0.15, -0.1) is 0 Å². The minimum atomic E-state index is -3.50. The highest BCUT2D eigenvalue weighted by Gasteiger charge is 2.25. The standard InChI is InChI=1S/C28H31FN6O2S/c1-5-24(19-12-26(32-17(2)3)34-27(13-19)38(4,36)37)33-28(18-6-7-18)23-14-30-16-25-22(23)15-31-35(25)21-10-8-20(29)9-11-21/h8-17,24,33H,5-7H2,1-4H3,(H,32,34)/t24-/m0/s1. The van der Waals surface area contributed by atoms with E-state index >= 15 is 0 Å². The van der Waals surface area contributed by atoms with E-state index in [1.54, 1.807) is 35.3 Å². The van der Waals surface area contributed by atoms with E-state index in [4.69, 9.17) is 0 Å². The summed E-state index contributed by atoms with van der Waals surface area (Å²) in [4.78, 5) is 8.85. The van der Waals surface area contributed by atoms with Gasteiger partial charge in [-0.3, -0.25) is 4.98 Å². The van der Waals surface area contributed by atoms with Gasteiger partial charge in [0.1, 0.15) is 11.6 Å². The molecular weight excluding hydrogens is 503 g/mol. The maximum atomic E-state index is 13.5. The number of pyridine rings is 2. The summed E-state index contributed by atoms with van der Waals surface area (Å²) >= 11 is 0. The lowest BCUT2D eigenvalue weighted by Gasteiger charge is -2.23. The zero-order valence-electron chi connectivity index (χ0n) is 21.9. The summed E-state index contributed by atoms with van der Waals surface area (Å²) in [7, 11) is -3.50. The van der Waals surface area contributed by atoms with Crippen molar-refractivity contribution in [2.75, 3.05) is 11.6 Å². The molecular formula is C28H31FN6O2S. The zero-order chi connectivity index (χ0) is 27.0. The monoisotopic (exact) mass is 534 g/mol. The number of sulfone groups is 1. The first-order chi connectivity index (χ1) is 18.1. The van der Waals surface area contributed by atoms with Crippen LogP contribution in [0.25, 0.3) is 22.3 Å². The molecule has 1 fully saturated rings.